The predicted molar refractivity (Wildman–Crippen MR) is 102 cm³/mol. The maximum atomic E-state index is 12.9. The number of hydrogen-bond donors (Lipinski definition) is 1. The zero-order valence-electron chi connectivity index (χ0n) is 16.3. The highest BCUT2D eigenvalue weighted by atomic mass is 16.5. The quantitative estimate of drug-likeness (QED) is 0.817. The molecule has 2 aliphatic rings. The lowest BCUT2D eigenvalue weighted by molar-refractivity contribution is 0.0731. The number of likely N-dealkylation sites (N-methyl/N-ethyl adjacent to an activating group) is 1. The van der Waals surface area contributed by atoms with Crippen LogP contribution >= 0.6 is 0 Å². The van der Waals surface area contributed by atoms with Gasteiger partial charge in [0.1, 0.15) is 0 Å². The van der Waals surface area contributed by atoms with Gasteiger partial charge in [-0.05, 0) is 43.6 Å². The second-order valence-electron chi connectivity index (χ2n) is 7.39. The molecule has 0 bridgehead atoms. The zero-order valence-corrected chi connectivity index (χ0v) is 16.3. The van der Waals surface area contributed by atoms with Gasteiger partial charge in [0, 0.05) is 37.2 Å². The third kappa shape index (κ3) is 3.64. The number of hydrogen-bond acceptors (Lipinski definition) is 6. The van der Waals surface area contributed by atoms with E-state index in [-0.39, 0.29) is 18.4 Å². The van der Waals surface area contributed by atoms with E-state index in [9.17, 15) is 9.59 Å². The molecule has 2 aromatic rings. The lowest BCUT2D eigenvalue weighted by Crippen LogP contribution is -2.40. The minimum atomic E-state index is -0.260. The van der Waals surface area contributed by atoms with Crippen molar-refractivity contribution in [2.45, 2.75) is 45.8 Å². The number of benzene rings is 1. The number of aryl methyl sites for hydroxylation is 1. The summed E-state index contributed by atoms with van der Waals surface area (Å²) in [6, 6.07) is 5.78. The topological polar surface area (TPSA) is 91.6 Å². The summed E-state index contributed by atoms with van der Waals surface area (Å²) >= 11 is 0. The highest BCUT2D eigenvalue weighted by Crippen LogP contribution is 2.26. The molecular weight excluding hydrogens is 358 g/mol. The van der Waals surface area contributed by atoms with Crippen LogP contribution in [-0.4, -0.2) is 57.4 Å². The normalized spacial score (nSPS) is 19.3. The summed E-state index contributed by atoms with van der Waals surface area (Å²) in [6.07, 6.45) is 2.33. The molecule has 8 nitrogen and oxygen atoms in total. The van der Waals surface area contributed by atoms with Crippen LogP contribution in [-0.2, 0) is 13.1 Å². The van der Waals surface area contributed by atoms with Gasteiger partial charge < -0.3 is 14.7 Å². The molecule has 2 amide bonds. The Balaban J connectivity index is 1.41. The summed E-state index contributed by atoms with van der Waals surface area (Å²) in [5.41, 5.74) is 2.07. The van der Waals surface area contributed by atoms with Crippen LogP contribution in [0.5, 0.6) is 0 Å². The Morgan fingerprint density at radius 1 is 1.39 bits per heavy atom. The van der Waals surface area contributed by atoms with E-state index in [0.29, 0.717) is 35.4 Å². The molecule has 1 N–H and O–H groups in total. The first-order chi connectivity index (χ1) is 13.5. The average molecular weight is 383 g/mol. The van der Waals surface area contributed by atoms with Crippen molar-refractivity contribution >= 4 is 11.8 Å². The van der Waals surface area contributed by atoms with Crippen LogP contribution in [0.1, 0.15) is 57.8 Å². The standard InChI is InChI=1S/C20H25N5O3/c1-3-24-8-4-5-16(24)12-25-11-15-7-6-14(9-17(15)20(25)27)19(26)21-10-18-22-13(2)28-23-18/h6-7,9,16H,3-5,8,10-12H2,1-2H3,(H,21,26)/t16-/m0/s1. The van der Waals surface area contributed by atoms with E-state index in [4.69, 9.17) is 4.52 Å². The largest absolute Gasteiger partial charge is 0.345 e. The first-order valence-corrected chi connectivity index (χ1v) is 9.78. The van der Waals surface area contributed by atoms with Gasteiger partial charge in [-0.1, -0.05) is 18.1 Å². The van der Waals surface area contributed by atoms with E-state index < -0.39 is 0 Å². The van der Waals surface area contributed by atoms with Crippen LogP contribution in [0.2, 0.25) is 0 Å². The number of aromatic nitrogens is 2. The summed E-state index contributed by atoms with van der Waals surface area (Å²) < 4.78 is 4.89. The van der Waals surface area contributed by atoms with Crippen molar-refractivity contribution in [3.8, 4) is 0 Å². The second-order valence-corrected chi connectivity index (χ2v) is 7.39. The Hall–Kier alpha value is -2.74. The van der Waals surface area contributed by atoms with Crippen LogP contribution in [0, 0.1) is 6.92 Å². The molecule has 0 unspecified atom stereocenters. The lowest BCUT2D eigenvalue weighted by Gasteiger charge is -2.27. The van der Waals surface area contributed by atoms with Crippen LogP contribution in [0.3, 0.4) is 0 Å². The van der Waals surface area contributed by atoms with Gasteiger partial charge >= 0.3 is 0 Å². The molecule has 1 atom stereocenters. The average Bonchev–Trinajstić information content (AvgIpc) is 3.40. The number of amides is 2. The molecular formula is C20H25N5O3. The summed E-state index contributed by atoms with van der Waals surface area (Å²) in [6.45, 7) is 7.54. The van der Waals surface area contributed by atoms with E-state index >= 15 is 0 Å². The zero-order chi connectivity index (χ0) is 19.7. The maximum absolute atomic E-state index is 12.9. The van der Waals surface area contributed by atoms with Crippen LogP contribution in [0.25, 0.3) is 0 Å². The minimum absolute atomic E-state index is 0.0152. The Morgan fingerprint density at radius 2 is 2.25 bits per heavy atom. The lowest BCUT2D eigenvalue weighted by atomic mass is 10.1. The van der Waals surface area contributed by atoms with Crippen molar-refractivity contribution in [3.05, 3.63) is 46.6 Å². The van der Waals surface area contributed by atoms with Gasteiger partial charge in [-0.15, -0.1) is 0 Å². The summed E-state index contributed by atoms with van der Waals surface area (Å²) in [7, 11) is 0. The van der Waals surface area contributed by atoms with Crippen LogP contribution in [0.4, 0.5) is 0 Å². The van der Waals surface area contributed by atoms with Gasteiger partial charge in [-0.2, -0.15) is 4.98 Å². The van der Waals surface area contributed by atoms with E-state index in [1.165, 1.54) is 6.42 Å². The SMILES string of the molecule is CCN1CCC[C@H]1CN1Cc2ccc(C(=O)NCc3noc(C)n3)cc2C1=O. The first-order valence-electron chi connectivity index (χ1n) is 9.78. The summed E-state index contributed by atoms with van der Waals surface area (Å²) in [5, 5.41) is 6.52. The van der Waals surface area contributed by atoms with Crippen LogP contribution < -0.4 is 5.32 Å². The van der Waals surface area contributed by atoms with E-state index in [1.54, 1.807) is 19.1 Å². The van der Waals surface area contributed by atoms with E-state index in [0.717, 1.165) is 31.6 Å². The highest BCUT2D eigenvalue weighted by molar-refractivity contribution is 6.02. The monoisotopic (exact) mass is 383 g/mol. The molecule has 8 heteroatoms. The Kier molecular flexibility index (Phi) is 5.13. The molecule has 28 heavy (non-hydrogen) atoms. The van der Waals surface area contributed by atoms with Crippen LogP contribution in [0.15, 0.2) is 22.7 Å². The number of likely N-dealkylation sites (tertiary alicyclic amines) is 1. The number of carbonyl (C=O) groups is 2. The molecule has 1 fully saturated rings. The molecule has 1 aromatic heterocycles. The minimum Gasteiger partial charge on any atom is -0.345 e. The third-order valence-corrected chi connectivity index (χ3v) is 5.56. The van der Waals surface area contributed by atoms with Crippen molar-refractivity contribution in [2.75, 3.05) is 19.6 Å². The molecule has 1 saturated heterocycles. The van der Waals surface area contributed by atoms with Gasteiger partial charge in [0.2, 0.25) is 5.89 Å². The molecule has 1 aromatic carbocycles. The fraction of sp³-hybridized carbons (Fsp3) is 0.500. The van der Waals surface area contributed by atoms with Crippen molar-refractivity contribution in [1.82, 2.24) is 25.3 Å². The van der Waals surface area contributed by atoms with Crippen molar-refractivity contribution in [1.29, 1.82) is 0 Å². The molecule has 0 spiro atoms. The Morgan fingerprint density at radius 3 is 3.00 bits per heavy atom. The molecule has 0 radical (unpaired) electrons. The number of rotatable bonds is 6. The molecule has 2 aliphatic heterocycles. The molecule has 148 valence electrons. The fourth-order valence-electron chi connectivity index (χ4n) is 4.10. The predicted octanol–water partition coefficient (Wildman–Crippen LogP) is 1.75. The molecule has 4 rings (SSSR count). The van der Waals surface area contributed by atoms with Gasteiger partial charge in [0.05, 0.1) is 6.54 Å². The van der Waals surface area contributed by atoms with Gasteiger partial charge in [0.15, 0.2) is 5.82 Å². The number of nitrogens with one attached hydrogen (secondary N) is 1. The molecule has 0 saturated carbocycles. The van der Waals surface area contributed by atoms with Gasteiger partial charge in [-0.3, -0.25) is 14.5 Å². The fourth-order valence-corrected chi connectivity index (χ4v) is 4.10. The third-order valence-electron chi connectivity index (χ3n) is 5.56. The van der Waals surface area contributed by atoms with Crippen molar-refractivity contribution < 1.29 is 14.1 Å². The smallest absolute Gasteiger partial charge is 0.254 e. The van der Waals surface area contributed by atoms with Gasteiger partial charge in [0.25, 0.3) is 11.8 Å². The Bertz CT molecular complexity index is 894. The number of nitrogens with zero attached hydrogens (tertiary/aromatic N) is 4. The number of carbonyl (C=O) groups excluding carboxylic acids is 2. The first kappa shape index (κ1) is 18.6. The number of fused-ring (bicyclic) bond motifs is 1. The maximum Gasteiger partial charge on any atom is 0.254 e. The molecule has 3 heterocycles. The Labute approximate surface area is 163 Å². The molecule has 0 aliphatic carbocycles. The van der Waals surface area contributed by atoms with Crippen molar-refractivity contribution in [3.63, 3.8) is 0 Å². The van der Waals surface area contributed by atoms with Crippen molar-refractivity contribution in [2.24, 2.45) is 0 Å². The summed E-state index contributed by atoms with van der Waals surface area (Å²) in [5.74, 6) is 0.633. The van der Waals surface area contributed by atoms with Gasteiger partial charge in [-0.25, -0.2) is 0 Å². The van der Waals surface area contributed by atoms with E-state index in [1.807, 2.05) is 11.0 Å². The summed E-state index contributed by atoms with van der Waals surface area (Å²) in [4.78, 5) is 33.7. The second kappa shape index (κ2) is 7.71. The van der Waals surface area contributed by atoms with E-state index in [2.05, 4.69) is 27.3 Å². The highest BCUT2D eigenvalue weighted by Gasteiger charge is 2.32.